The van der Waals surface area contributed by atoms with Crippen LogP contribution in [-0.4, -0.2) is 51.4 Å². The number of fused-ring (bicyclic) bond motifs is 4. The van der Waals surface area contributed by atoms with Gasteiger partial charge in [0.05, 0.1) is 25.4 Å². The maximum atomic E-state index is 6.17. The molecule has 0 N–H and O–H groups in total. The molecule has 0 aromatic carbocycles. The largest absolute Gasteiger partial charge is 0.372 e. The Bertz CT molecular complexity index is 789. The molecule has 0 bridgehead atoms. The van der Waals surface area contributed by atoms with E-state index < -0.39 is 5.60 Å². The first-order valence-corrected chi connectivity index (χ1v) is 7.89. The summed E-state index contributed by atoms with van der Waals surface area (Å²) in [5.41, 5.74) is 1.17. The number of imidazole rings is 1. The van der Waals surface area contributed by atoms with E-state index in [-0.39, 0.29) is 5.28 Å². The lowest BCUT2D eigenvalue weighted by molar-refractivity contribution is -0.113. The lowest BCUT2D eigenvalue weighted by Gasteiger charge is -2.55. The van der Waals surface area contributed by atoms with Crippen LogP contribution in [0.15, 0.2) is 0 Å². The van der Waals surface area contributed by atoms with Crippen LogP contribution in [0.2, 0.25) is 5.28 Å². The van der Waals surface area contributed by atoms with Crippen molar-refractivity contribution in [1.82, 2.24) is 19.5 Å². The molecule has 0 aliphatic carbocycles. The van der Waals surface area contributed by atoms with Crippen LogP contribution in [0.4, 0.5) is 5.82 Å². The number of hydrogen-bond donors (Lipinski definition) is 0. The zero-order valence-corrected chi connectivity index (χ0v) is 13.2. The Morgan fingerprint density at radius 3 is 2.82 bits per heavy atom. The standard InChI is InChI=1S/C14H16ClN5O2/c1-14(2)12-16-9-10(19(12)3-4-22-14)17-13(15)18-11(9)20-5-8-7(20)6-21-8/h7-8H,3-6H2,1-2H3/t7-,8?/m1/s1. The minimum Gasteiger partial charge on any atom is -0.372 e. The number of nitrogens with zero attached hydrogens (tertiary/aromatic N) is 5. The van der Waals surface area contributed by atoms with Crippen LogP contribution >= 0.6 is 11.6 Å². The number of hydrogen-bond acceptors (Lipinski definition) is 6. The normalized spacial score (nSPS) is 28.8. The van der Waals surface area contributed by atoms with Gasteiger partial charge in [-0.1, -0.05) is 0 Å². The topological polar surface area (TPSA) is 65.3 Å². The molecule has 0 spiro atoms. The molecule has 3 aliphatic heterocycles. The smallest absolute Gasteiger partial charge is 0.226 e. The fourth-order valence-electron chi connectivity index (χ4n) is 3.51. The van der Waals surface area contributed by atoms with E-state index in [9.17, 15) is 0 Å². The third kappa shape index (κ3) is 1.56. The van der Waals surface area contributed by atoms with Crippen LogP contribution in [0.1, 0.15) is 19.7 Å². The van der Waals surface area contributed by atoms with Gasteiger partial charge in [-0.2, -0.15) is 9.97 Å². The van der Waals surface area contributed by atoms with Crippen LogP contribution in [0, 0.1) is 0 Å². The van der Waals surface area contributed by atoms with Gasteiger partial charge in [0.2, 0.25) is 5.28 Å². The summed E-state index contributed by atoms with van der Waals surface area (Å²) in [6.07, 6.45) is 0.334. The van der Waals surface area contributed by atoms with Crippen molar-refractivity contribution in [2.45, 2.75) is 38.1 Å². The molecule has 0 radical (unpaired) electrons. The first-order valence-electron chi connectivity index (χ1n) is 7.51. The van der Waals surface area contributed by atoms with E-state index in [1.54, 1.807) is 0 Å². The molecule has 2 fully saturated rings. The molecule has 3 aliphatic rings. The maximum absolute atomic E-state index is 6.17. The summed E-state index contributed by atoms with van der Waals surface area (Å²) in [7, 11) is 0. The zero-order chi connectivity index (χ0) is 15.1. The summed E-state index contributed by atoms with van der Waals surface area (Å²) in [5, 5.41) is 0.262. The van der Waals surface area contributed by atoms with E-state index in [4.69, 9.17) is 26.1 Å². The molecule has 22 heavy (non-hydrogen) atoms. The van der Waals surface area contributed by atoms with Crippen LogP contribution in [0.3, 0.4) is 0 Å². The van der Waals surface area contributed by atoms with E-state index in [2.05, 4.69) is 19.4 Å². The number of halogens is 1. The third-order valence-corrected chi connectivity index (χ3v) is 4.99. The predicted octanol–water partition coefficient (Wildman–Crippen LogP) is 1.33. The van der Waals surface area contributed by atoms with Gasteiger partial charge in [0, 0.05) is 13.1 Å². The Hall–Kier alpha value is -1.44. The van der Waals surface area contributed by atoms with Gasteiger partial charge in [-0.25, -0.2) is 4.98 Å². The lowest BCUT2D eigenvalue weighted by atomic mass is 9.95. The summed E-state index contributed by atoms with van der Waals surface area (Å²) < 4.78 is 13.4. The van der Waals surface area contributed by atoms with E-state index in [1.807, 2.05) is 13.8 Å². The van der Waals surface area contributed by atoms with Gasteiger partial charge in [0.25, 0.3) is 0 Å². The number of rotatable bonds is 1. The molecule has 2 atom stereocenters. The Labute approximate surface area is 132 Å². The second kappa shape index (κ2) is 4.10. The maximum Gasteiger partial charge on any atom is 0.226 e. The number of morpholine rings is 1. The van der Waals surface area contributed by atoms with Gasteiger partial charge in [-0.3, -0.25) is 0 Å². The molecule has 8 heteroatoms. The lowest BCUT2D eigenvalue weighted by Crippen LogP contribution is -2.71. The Morgan fingerprint density at radius 2 is 2.14 bits per heavy atom. The van der Waals surface area contributed by atoms with Crippen molar-refractivity contribution in [3.8, 4) is 0 Å². The predicted molar refractivity (Wildman–Crippen MR) is 80.2 cm³/mol. The number of anilines is 1. The molecule has 0 amide bonds. The highest BCUT2D eigenvalue weighted by molar-refractivity contribution is 6.28. The molecule has 0 saturated carbocycles. The third-order valence-electron chi connectivity index (χ3n) is 4.82. The van der Waals surface area contributed by atoms with Crippen LogP contribution in [0.25, 0.3) is 11.2 Å². The average molecular weight is 322 g/mol. The van der Waals surface area contributed by atoms with Crippen LogP contribution < -0.4 is 4.90 Å². The van der Waals surface area contributed by atoms with Gasteiger partial charge in [-0.15, -0.1) is 0 Å². The van der Waals surface area contributed by atoms with Crippen molar-refractivity contribution in [3.63, 3.8) is 0 Å². The highest BCUT2D eigenvalue weighted by atomic mass is 35.5. The van der Waals surface area contributed by atoms with Gasteiger partial charge in [-0.05, 0) is 25.4 Å². The second-order valence-corrected chi connectivity index (χ2v) is 6.86. The summed E-state index contributed by atoms with van der Waals surface area (Å²) in [4.78, 5) is 15.9. The first kappa shape index (κ1) is 13.0. The zero-order valence-electron chi connectivity index (χ0n) is 12.4. The Morgan fingerprint density at radius 1 is 1.27 bits per heavy atom. The van der Waals surface area contributed by atoms with E-state index in [1.165, 1.54) is 0 Å². The number of ether oxygens (including phenoxy) is 2. The van der Waals surface area contributed by atoms with Gasteiger partial charge in [0.15, 0.2) is 17.0 Å². The van der Waals surface area contributed by atoms with Crippen LogP contribution in [0.5, 0.6) is 0 Å². The van der Waals surface area contributed by atoms with Crippen molar-refractivity contribution >= 4 is 28.6 Å². The quantitative estimate of drug-likeness (QED) is 0.738. The summed E-state index contributed by atoms with van der Waals surface area (Å²) >= 11 is 6.17. The van der Waals surface area contributed by atoms with Crippen molar-refractivity contribution in [2.75, 3.05) is 24.7 Å². The highest BCUT2D eigenvalue weighted by Crippen LogP contribution is 2.39. The molecule has 116 valence electrons. The SMILES string of the molecule is CC1(C)OCCn2c1nc1c(N3CC4OC[C@H]43)nc(Cl)nc12. The van der Waals surface area contributed by atoms with E-state index >= 15 is 0 Å². The van der Waals surface area contributed by atoms with Crippen molar-refractivity contribution in [3.05, 3.63) is 11.1 Å². The average Bonchev–Trinajstić information content (AvgIpc) is 2.81. The van der Waals surface area contributed by atoms with Gasteiger partial charge < -0.3 is 18.9 Å². The van der Waals surface area contributed by atoms with E-state index in [0.717, 1.165) is 42.5 Å². The molecular formula is C14H16ClN5O2. The molecule has 2 saturated heterocycles. The molecular weight excluding hydrogens is 306 g/mol. The Kier molecular flexibility index (Phi) is 2.43. The molecule has 1 unspecified atom stereocenters. The minimum absolute atomic E-state index is 0.262. The van der Waals surface area contributed by atoms with Crippen molar-refractivity contribution in [2.24, 2.45) is 0 Å². The van der Waals surface area contributed by atoms with Crippen LogP contribution in [-0.2, 0) is 21.6 Å². The molecule has 2 aromatic heterocycles. The molecule has 2 aromatic rings. The van der Waals surface area contributed by atoms with Gasteiger partial charge in [0.1, 0.15) is 11.4 Å². The van der Waals surface area contributed by atoms with Gasteiger partial charge >= 0.3 is 0 Å². The first-order chi connectivity index (χ1) is 10.5. The highest BCUT2D eigenvalue weighted by Gasteiger charge is 2.49. The molecule has 7 nitrogen and oxygen atoms in total. The fourth-order valence-corrected chi connectivity index (χ4v) is 3.67. The second-order valence-electron chi connectivity index (χ2n) is 6.53. The molecule has 5 heterocycles. The Balaban J connectivity index is 1.72. The van der Waals surface area contributed by atoms with Crippen molar-refractivity contribution < 1.29 is 9.47 Å². The minimum atomic E-state index is -0.431. The number of aromatic nitrogens is 4. The van der Waals surface area contributed by atoms with Crippen molar-refractivity contribution in [1.29, 1.82) is 0 Å². The molecule has 5 rings (SSSR count). The fraction of sp³-hybridized carbons (Fsp3) is 0.643. The van der Waals surface area contributed by atoms with E-state index in [0.29, 0.717) is 18.8 Å². The summed E-state index contributed by atoms with van der Waals surface area (Å²) in [6.45, 7) is 7.02. The monoisotopic (exact) mass is 321 g/mol. The summed E-state index contributed by atoms with van der Waals surface area (Å²) in [5.74, 6) is 1.70. The summed E-state index contributed by atoms with van der Waals surface area (Å²) in [6, 6.07) is 0.400.